The molecular formula is C17H19N3O5S. The van der Waals surface area contributed by atoms with E-state index in [2.05, 4.69) is 15.5 Å². The first-order chi connectivity index (χ1) is 12.7. The lowest BCUT2D eigenvalue weighted by molar-refractivity contribution is -0.116. The van der Waals surface area contributed by atoms with Gasteiger partial charge in [-0.1, -0.05) is 5.10 Å². The van der Waals surface area contributed by atoms with Gasteiger partial charge in [0, 0.05) is 11.3 Å². The second kappa shape index (κ2) is 9.14. The molecule has 1 aromatic heterocycles. The van der Waals surface area contributed by atoms with Crippen molar-refractivity contribution in [1.82, 2.24) is 10.2 Å². The summed E-state index contributed by atoms with van der Waals surface area (Å²) in [6, 6.07) is 7.87. The summed E-state index contributed by atoms with van der Waals surface area (Å²) in [4.78, 5) is 13.1. The Kier molecular flexibility index (Phi) is 6.37. The number of aromatic nitrogens is 2. The Morgan fingerprint density at radius 1 is 1.27 bits per heavy atom. The third kappa shape index (κ3) is 5.16. The van der Waals surface area contributed by atoms with Crippen LogP contribution in [0.5, 0.6) is 5.75 Å². The summed E-state index contributed by atoms with van der Waals surface area (Å²) in [5, 5.41) is 10.2. The van der Waals surface area contributed by atoms with Crippen LogP contribution in [0.15, 0.2) is 39.8 Å². The standard InChI is InChI=1S/C17H19N3O5S/c1-22-12-4-6-13(7-5-12)26-10-2-3-15(21)18-17-20-19-16(25-17)14-11-23-8-9-24-14/h4-7,11H,2-3,8-10H2,1H3,(H,18,20,21). The van der Waals surface area contributed by atoms with Gasteiger partial charge in [-0.15, -0.1) is 16.9 Å². The van der Waals surface area contributed by atoms with Crippen molar-refractivity contribution in [3.63, 3.8) is 0 Å². The zero-order valence-electron chi connectivity index (χ0n) is 14.3. The summed E-state index contributed by atoms with van der Waals surface area (Å²) in [6.45, 7) is 0.900. The molecule has 26 heavy (non-hydrogen) atoms. The summed E-state index contributed by atoms with van der Waals surface area (Å²) in [5.41, 5.74) is 0. The van der Waals surface area contributed by atoms with Crippen molar-refractivity contribution < 1.29 is 23.4 Å². The second-order valence-electron chi connectivity index (χ2n) is 5.29. The number of amides is 1. The molecule has 138 valence electrons. The van der Waals surface area contributed by atoms with E-state index in [0.717, 1.165) is 22.8 Å². The van der Waals surface area contributed by atoms with Crippen LogP contribution < -0.4 is 10.1 Å². The number of rotatable bonds is 8. The molecule has 0 saturated heterocycles. The van der Waals surface area contributed by atoms with Crippen LogP contribution in [0.25, 0.3) is 5.76 Å². The summed E-state index contributed by atoms with van der Waals surface area (Å²) >= 11 is 1.69. The summed E-state index contributed by atoms with van der Waals surface area (Å²) in [6.07, 6.45) is 2.51. The molecule has 2 aromatic rings. The average Bonchev–Trinajstić information content (AvgIpc) is 3.15. The molecule has 0 fully saturated rings. The summed E-state index contributed by atoms with van der Waals surface area (Å²) < 4.78 is 20.9. The highest BCUT2D eigenvalue weighted by Crippen LogP contribution is 2.22. The van der Waals surface area contributed by atoms with E-state index < -0.39 is 0 Å². The summed E-state index contributed by atoms with van der Waals surface area (Å²) in [5.74, 6) is 2.02. The van der Waals surface area contributed by atoms with Crippen molar-refractivity contribution >= 4 is 29.4 Å². The molecule has 0 radical (unpaired) electrons. The van der Waals surface area contributed by atoms with Crippen molar-refractivity contribution in [1.29, 1.82) is 0 Å². The van der Waals surface area contributed by atoms with Crippen molar-refractivity contribution in [2.75, 3.05) is 31.4 Å². The Hall–Kier alpha value is -2.68. The maximum absolute atomic E-state index is 12.0. The molecule has 9 heteroatoms. The predicted molar refractivity (Wildman–Crippen MR) is 95.8 cm³/mol. The molecule has 0 saturated carbocycles. The number of benzene rings is 1. The van der Waals surface area contributed by atoms with Gasteiger partial charge >= 0.3 is 6.01 Å². The van der Waals surface area contributed by atoms with Gasteiger partial charge in [-0.25, -0.2) is 0 Å². The molecule has 1 aliphatic rings. The highest BCUT2D eigenvalue weighted by molar-refractivity contribution is 7.99. The Bertz CT molecular complexity index is 760. The maximum atomic E-state index is 12.0. The minimum absolute atomic E-state index is 0.0443. The molecule has 0 unspecified atom stereocenters. The van der Waals surface area contributed by atoms with Crippen LogP contribution in [0.2, 0.25) is 0 Å². The number of anilines is 1. The van der Waals surface area contributed by atoms with E-state index in [1.165, 1.54) is 6.26 Å². The SMILES string of the molecule is COc1ccc(SCCCC(=O)Nc2nnc(C3=COCCO3)o2)cc1. The first kappa shape index (κ1) is 18.1. The Morgan fingerprint density at radius 2 is 2.12 bits per heavy atom. The van der Waals surface area contributed by atoms with Gasteiger partial charge in [-0.3, -0.25) is 10.1 Å². The molecule has 0 aliphatic carbocycles. The van der Waals surface area contributed by atoms with E-state index in [4.69, 9.17) is 18.6 Å². The van der Waals surface area contributed by atoms with Crippen molar-refractivity contribution in [3.8, 4) is 5.75 Å². The summed E-state index contributed by atoms with van der Waals surface area (Å²) in [7, 11) is 1.64. The van der Waals surface area contributed by atoms with Gasteiger partial charge in [0.15, 0.2) is 0 Å². The smallest absolute Gasteiger partial charge is 0.322 e. The first-order valence-corrected chi connectivity index (χ1v) is 9.08. The number of thioether (sulfide) groups is 1. The van der Waals surface area contributed by atoms with Crippen LogP contribution >= 0.6 is 11.8 Å². The lowest BCUT2D eigenvalue weighted by atomic mass is 10.3. The number of nitrogens with zero attached hydrogens (tertiary/aromatic N) is 2. The monoisotopic (exact) mass is 377 g/mol. The highest BCUT2D eigenvalue weighted by atomic mass is 32.2. The average molecular weight is 377 g/mol. The number of carbonyl (C=O) groups excluding carboxylic acids is 1. The Morgan fingerprint density at radius 3 is 2.85 bits per heavy atom. The van der Waals surface area contributed by atoms with Crippen LogP contribution in [0.3, 0.4) is 0 Å². The number of carbonyl (C=O) groups is 1. The molecule has 2 heterocycles. The normalized spacial score (nSPS) is 13.3. The third-order valence-electron chi connectivity index (χ3n) is 3.41. The Balaban J connectivity index is 1.38. The second-order valence-corrected chi connectivity index (χ2v) is 6.46. The molecule has 0 atom stereocenters. The van der Waals surface area contributed by atoms with E-state index in [1.807, 2.05) is 24.3 Å². The lowest BCUT2D eigenvalue weighted by Crippen LogP contribution is -2.11. The topological polar surface area (TPSA) is 95.7 Å². The first-order valence-electron chi connectivity index (χ1n) is 8.10. The number of hydrogen-bond donors (Lipinski definition) is 1. The van der Waals surface area contributed by atoms with Crippen LogP contribution in [-0.4, -0.2) is 42.2 Å². The molecule has 0 bridgehead atoms. The third-order valence-corrected chi connectivity index (χ3v) is 4.51. The van der Waals surface area contributed by atoms with Gasteiger partial charge in [0.1, 0.15) is 25.2 Å². The molecular weight excluding hydrogens is 358 g/mol. The van der Waals surface area contributed by atoms with E-state index in [9.17, 15) is 4.79 Å². The van der Waals surface area contributed by atoms with E-state index in [1.54, 1.807) is 18.9 Å². The van der Waals surface area contributed by atoms with Crippen LogP contribution in [0, 0.1) is 0 Å². The zero-order chi connectivity index (χ0) is 18.2. The van der Waals surface area contributed by atoms with Gasteiger partial charge < -0.3 is 18.6 Å². The number of methoxy groups -OCH3 is 1. The molecule has 1 aliphatic heterocycles. The van der Waals surface area contributed by atoms with Crippen molar-refractivity contribution in [2.24, 2.45) is 0 Å². The van der Waals surface area contributed by atoms with Crippen LogP contribution in [0.1, 0.15) is 18.7 Å². The van der Waals surface area contributed by atoms with E-state index >= 15 is 0 Å². The van der Waals surface area contributed by atoms with Gasteiger partial charge in [0.2, 0.25) is 11.7 Å². The fraction of sp³-hybridized carbons (Fsp3) is 0.353. The number of ether oxygens (including phenoxy) is 3. The fourth-order valence-electron chi connectivity index (χ4n) is 2.13. The van der Waals surface area contributed by atoms with E-state index in [-0.39, 0.29) is 17.8 Å². The van der Waals surface area contributed by atoms with E-state index in [0.29, 0.717) is 25.4 Å². The quantitative estimate of drug-likeness (QED) is 0.554. The molecule has 0 spiro atoms. The van der Waals surface area contributed by atoms with Crippen LogP contribution in [-0.2, 0) is 14.3 Å². The maximum Gasteiger partial charge on any atom is 0.322 e. The van der Waals surface area contributed by atoms with Gasteiger partial charge in [-0.2, -0.15) is 0 Å². The molecule has 3 rings (SSSR count). The van der Waals surface area contributed by atoms with Gasteiger partial charge in [0.05, 0.1) is 7.11 Å². The molecule has 1 aromatic carbocycles. The molecule has 1 N–H and O–H groups in total. The minimum Gasteiger partial charge on any atom is -0.497 e. The molecule has 8 nitrogen and oxygen atoms in total. The van der Waals surface area contributed by atoms with Gasteiger partial charge in [0.25, 0.3) is 5.89 Å². The van der Waals surface area contributed by atoms with Crippen molar-refractivity contribution in [3.05, 3.63) is 36.4 Å². The predicted octanol–water partition coefficient (Wildman–Crippen LogP) is 2.93. The fourth-order valence-corrected chi connectivity index (χ4v) is 2.98. The number of nitrogens with one attached hydrogen (secondary N) is 1. The lowest BCUT2D eigenvalue weighted by Gasteiger charge is -2.11. The van der Waals surface area contributed by atoms with Crippen LogP contribution in [0.4, 0.5) is 6.01 Å². The largest absolute Gasteiger partial charge is 0.497 e. The molecule has 1 amide bonds. The Labute approximate surface area is 154 Å². The minimum atomic E-state index is -0.176. The van der Waals surface area contributed by atoms with Gasteiger partial charge in [-0.05, 0) is 36.4 Å². The highest BCUT2D eigenvalue weighted by Gasteiger charge is 2.17. The number of hydrogen-bond acceptors (Lipinski definition) is 8. The zero-order valence-corrected chi connectivity index (χ0v) is 15.1. The van der Waals surface area contributed by atoms with Crippen molar-refractivity contribution in [2.45, 2.75) is 17.7 Å².